The van der Waals surface area contributed by atoms with Gasteiger partial charge in [0.1, 0.15) is 6.23 Å². The van der Waals surface area contributed by atoms with Crippen LogP contribution in [0.3, 0.4) is 0 Å². The van der Waals surface area contributed by atoms with Gasteiger partial charge < -0.3 is 14.6 Å². The highest BCUT2D eigenvalue weighted by molar-refractivity contribution is 5.45. The molecule has 4 nitrogen and oxygen atoms in total. The maximum Gasteiger partial charge on any atom is 0.197 e. The van der Waals surface area contributed by atoms with Crippen LogP contribution in [0.2, 0.25) is 0 Å². The third-order valence-electron chi connectivity index (χ3n) is 4.01. The highest BCUT2D eigenvalue weighted by Crippen LogP contribution is 2.34. The Morgan fingerprint density at radius 3 is 2.57 bits per heavy atom. The lowest BCUT2D eigenvalue weighted by Crippen LogP contribution is -2.45. The molecule has 2 N–H and O–H groups in total. The first-order valence-corrected chi connectivity index (χ1v) is 7.62. The average molecular weight is 323 g/mol. The number of methoxy groups -OCH3 is 1. The van der Waals surface area contributed by atoms with E-state index >= 15 is 0 Å². The fourth-order valence-electron chi connectivity index (χ4n) is 1.85. The minimum Gasteiger partial charge on any atom is -0.493 e. The largest absolute Gasteiger partial charge is 0.493 e. The molecule has 0 amide bonds. The summed E-state index contributed by atoms with van der Waals surface area (Å²) in [7, 11) is 1.42. The van der Waals surface area contributed by atoms with Crippen molar-refractivity contribution in [2.45, 2.75) is 45.9 Å². The molecule has 1 aromatic rings. The van der Waals surface area contributed by atoms with E-state index in [9.17, 15) is 9.50 Å². The minimum absolute atomic E-state index is 0.00168. The molecule has 128 valence electrons. The Hall–Kier alpha value is -1.77. The maximum atomic E-state index is 14.3. The lowest BCUT2D eigenvalue weighted by Gasteiger charge is -2.33. The quantitative estimate of drug-likeness (QED) is 0.438. The number of terminal acetylenes is 1. The highest BCUT2D eigenvalue weighted by atomic mass is 19.1. The maximum absolute atomic E-state index is 14.3. The molecule has 1 rings (SSSR count). The molecule has 0 bridgehead atoms. The first-order valence-electron chi connectivity index (χ1n) is 7.62. The van der Waals surface area contributed by atoms with Gasteiger partial charge in [-0.1, -0.05) is 13.8 Å². The number of aliphatic hydroxyl groups is 1. The van der Waals surface area contributed by atoms with E-state index in [1.165, 1.54) is 13.2 Å². The van der Waals surface area contributed by atoms with Gasteiger partial charge >= 0.3 is 0 Å². The van der Waals surface area contributed by atoms with Crippen LogP contribution in [0.25, 0.3) is 0 Å². The topological polar surface area (TPSA) is 50.7 Å². The highest BCUT2D eigenvalue weighted by Gasteiger charge is 2.26. The van der Waals surface area contributed by atoms with Crippen LogP contribution < -0.4 is 14.8 Å². The Kier molecular flexibility index (Phi) is 6.86. The second-order valence-electron chi connectivity index (χ2n) is 6.26. The van der Waals surface area contributed by atoms with Crippen molar-refractivity contribution < 1.29 is 19.0 Å². The summed E-state index contributed by atoms with van der Waals surface area (Å²) in [6.07, 6.45) is 4.51. The standard InChI is InChI=1S/C18H26FNO3/c1-7-8-9-23-16-14(19)10-13(11-15(16)22-6)17(21)20-18(4,5)12(2)3/h1,10-12,17,20-21H,8-9H2,2-6H3. The van der Waals surface area contributed by atoms with Crippen molar-refractivity contribution in [1.82, 2.24) is 5.32 Å². The molecule has 0 fully saturated rings. The summed E-state index contributed by atoms with van der Waals surface area (Å²) in [5.74, 6) is 2.34. The van der Waals surface area contributed by atoms with E-state index in [-0.39, 0.29) is 29.6 Å². The molecule has 0 radical (unpaired) electrons. The second kappa shape index (κ2) is 8.19. The Balaban J connectivity index is 3.01. The summed E-state index contributed by atoms with van der Waals surface area (Å²) >= 11 is 0. The lowest BCUT2D eigenvalue weighted by atomic mass is 9.90. The molecule has 1 atom stereocenters. The Morgan fingerprint density at radius 1 is 1.39 bits per heavy atom. The Bertz CT molecular complexity index is 564. The summed E-state index contributed by atoms with van der Waals surface area (Å²) in [6.45, 7) is 8.24. The molecule has 0 saturated heterocycles. The first kappa shape index (κ1) is 19.3. The fraction of sp³-hybridized carbons (Fsp3) is 0.556. The number of hydrogen-bond donors (Lipinski definition) is 2. The molecule has 1 aromatic carbocycles. The van der Waals surface area contributed by atoms with E-state index in [2.05, 4.69) is 11.2 Å². The molecule has 5 heteroatoms. The lowest BCUT2D eigenvalue weighted by molar-refractivity contribution is 0.0840. The summed E-state index contributed by atoms with van der Waals surface area (Å²) < 4.78 is 24.8. The Morgan fingerprint density at radius 2 is 2.04 bits per heavy atom. The summed E-state index contributed by atoms with van der Waals surface area (Å²) in [6, 6.07) is 2.80. The van der Waals surface area contributed by atoms with E-state index in [0.717, 1.165) is 0 Å². The molecule has 0 aliphatic carbocycles. The zero-order valence-corrected chi connectivity index (χ0v) is 14.4. The summed E-state index contributed by atoms with van der Waals surface area (Å²) in [5.41, 5.74) is 0.0582. The molecule has 1 unspecified atom stereocenters. The van der Waals surface area contributed by atoms with Gasteiger partial charge in [0, 0.05) is 17.5 Å². The van der Waals surface area contributed by atoms with Gasteiger partial charge in [-0.15, -0.1) is 12.3 Å². The van der Waals surface area contributed by atoms with Gasteiger partial charge in [0.2, 0.25) is 0 Å². The predicted molar refractivity (Wildman–Crippen MR) is 88.9 cm³/mol. The van der Waals surface area contributed by atoms with Crippen LogP contribution in [0.5, 0.6) is 11.5 Å². The van der Waals surface area contributed by atoms with Gasteiger partial charge in [0.25, 0.3) is 0 Å². The van der Waals surface area contributed by atoms with Crippen LogP contribution >= 0.6 is 0 Å². The van der Waals surface area contributed by atoms with Crippen molar-refractivity contribution >= 4 is 0 Å². The van der Waals surface area contributed by atoms with Gasteiger partial charge in [-0.2, -0.15) is 0 Å². The molecular formula is C18H26FNO3. The van der Waals surface area contributed by atoms with E-state index in [1.54, 1.807) is 6.07 Å². The smallest absolute Gasteiger partial charge is 0.197 e. The summed E-state index contributed by atoms with van der Waals surface area (Å²) in [5, 5.41) is 13.4. The van der Waals surface area contributed by atoms with Gasteiger partial charge in [-0.05, 0) is 31.9 Å². The van der Waals surface area contributed by atoms with Gasteiger partial charge in [-0.3, -0.25) is 5.32 Å². The molecule has 0 spiro atoms. The van der Waals surface area contributed by atoms with Crippen LogP contribution in [0.1, 0.15) is 45.9 Å². The normalized spacial score (nSPS) is 12.8. The van der Waals surface area contributed by atoms with Crippen molar-refractivity contribution in [2.24, 2.45) is 5.92 Å². The van der Waals surface area contributed by atoms with E-state index in [1.807, 2.05) is 27.7 Å². The van der Waals surface area contributed by atoms with E-state index in [0.29, 0.717) is 12.0 Å². The molecule has 0 aromatic heterocycles. The van der Waals surface area contributed by atoms with Crippen molar-refractivity contribution in [3.63, 3.8) is 0 Å². The Labute approximate surface area is 138 Å². The number of halogens is 1. The van der Waals surface area contributed by atoms with Crippen molar-refractivity contribution in [3.8, 4) is 23.8 Å². The van der Waals surface area contributed by atoms with Crippen molar-refractivity contribution in [2.75, 3.05) is 13.7 Å². The number of ether oxygens (including phenoxy) is 2. The van der Waals surface area contributed by atoms with Crippen LogP contribution in [-0.4, -0.2) is 24.4 Å². The molecule has 0 saturated carbocycles. The van der Waals surface area contributed by atoms with E-state index in [4.69, 9.17) is 15.9 Å². The SMILES string of the molecule is C#CCCOc1c(F)cc(C(O)NC(C)(C)C(C)C)cc1OC. The number of aliphatic hydroxyl groups excluding tert-OH is 1. The molecule has 23 heavy (non-hydrogen) atoms. The third-order valence-corrected chi connectivity index (χ3v) is 4.01. The van der Waals surface area contributed by atoms with Crippen molar-refractivity contribution in [3.05, 3.63) is 23.5 Å². The van der Waals surface area contributed by atoms with Gasteiger partial charge in [-0.25, -0.2) is 4.39 Å². The van der Waals surface area contributed by atoms with Crippen molar-refractivity contribution in [1.29, 1.82) is 0 Å². The summed E-state index contributed by atoms with van der Waals surface area (Å²) in [4.78, 5) is 0. The van der Waals surface area contributed by atoms with Gasteiger partial charge in [0.15, 0.2) is 17.3 Å². The van der Waals surface area contributed by atoms with Crippen LogP contribution in [-0.2, 0) is 0 Å². The zero-order chi connectivity index (χ0) is 17.6. The first-order chi connectivity index (χ1) is 10.7. The molecule has 0 heterocycles. The molecule has 0 aliphatic heterocycles. The fourth-order valence-corrected chi connectivity index (χ4v) is 1.85. The number of nitrogens with one attached hydrogen (secondary N) is 1. The average Bonchev–Trinajstić information content (AvgIpc) is 2.47. The molecule has 0 aliphatic rings. The zero-order valence-electron chi connectivity index (χ0n) is 14.4. The monoisotopic (exact) mass is 323 g/mol. The third kappa shape index (κ3) is 5.12. The second-order valence-corrected chi connectivity index (χ2v) is 6.26. The minimum atomic E-state index is -1.02. The predicted octanol–water partition coefficient (Wildman–Crippen LogP) is 3.25. The van der Waals surface area contributed by atoms with E-state index < -0.39 is 12.0 Å². The number of rotatable bonds is 8. The number of hydrogen-bond acceptors (Lipinski definition) is 4. The number of benzene rings is 1. The van der Waals surface area contributed by atoms with Crippen LogP contribution in [0.15, 0.2) is 12.1 Å². The molecular weight excluding hydrogens is 297 g/mol. The van der Waals surface area contributed by atoms with Gasteiger partial charge in [0.05, 0.1) is 13.7 Å². The van der Waals surface area contributed by atoms with Crippen LogP contribution in [0, 0.1) is 24.1 Å². The van der Waals surface area contributed by atoms with Crippen LogP contribution in [0.4, 0.5) is 4.39 Å².